The molecular weight excluding hydrogens is 268 g/mol. The summed E-state index contributed by atoms with van der Waals surface area (Å²) in [5.41, 5.74) is 2.10. The topological polar surface area (TPSA) is 85.6 Å². The summed E-state index contributed by atoms with van der Waals surface area (Å²) in [4.78, 5) is 19.7. The van der Waals surface area contributed by atoms with Gasteiger partial charge in [0, 0.05) is 30.4 Å². The van der Waals surface area contributed by atoms with Gasteiger partial charge in [-0.25, -0.2) is 4.68 Å². The monoisotopic (exact) mass is 280 g/mol. The van der Waals surface area contributed by atoms with Gasteiger partial charge in [-0.15, -0.1) is 5.10 Å². The lowest BCUT2D eigenvalue weighted by atomic mass is 10.2. The van der Waals surface area contributed by atoms with E-state index in [-0.39, 0.29) is 5.91 Å². The Hall–Kier alpha value is -3.09. The summed E-state index contributed by atoms with van der Waals surface area (Å²) in [5.74, 6) is -0.170. The minimum absolute atomic E-state index is 0.170. The van der Waals surface area contributed by atoms with Crippen LogP contribution in [0.15, 0.2) is 55.2 Å². The van der Waals surface area contributed by atoms with Crippen molar-refractivity contribution in [1.82, 2.24) is 30.3 Å². The fourth-order valence-electron chi connectivity index (χ4n) is 1.78. The van der Waals surface area contributed by atoms with Crippen molar-refractivity contribution in [2.75, 3.05) is 0 Å². The molecule has 0 atom stereocenters. The van der Waals surface area contributed by atoms with Crippen molar-refractivity contribution in [2.45, 2.75) is 6.54 Å². The van der Waals surface area contributed by atoms with Crippen LogP contribution in [0.1, 0.15) is 16.1 Å². The highest BCUT2D eigenvalue weighted by Gasteiger charge is 2.07. The van der Waals surface area contributed by atoms with Gasteiger partial charge in [-0.05, 0) is 24.3 Å². The number of aromatic nitrogens is 5. The molecule has 7 heteroatoms. The van der Waals surface area contributed by atoms with Crippen LogP contribution in [0, 0.1) is 0 Å². The van der Waals surface area contributed by atoms with Crippen LogP contribution in [0.25, 0.3) is 5.69 Å². The molecule has 21 heavy (non-hydrogen) atoms. The summed E-state index contributed by atoms with van der Waals surface area (Å²) in [5, 5.41) is 10.8. The van der Waals surface area contributed by atoms with E-state index in [1.165, 1.54) is 0 Å². The van der Waals surface area contributed by atoms with E-state index < -0.39 is 0 Å². The normalized spacial score (nSPS) is 10.3. The summed E-state index contributed by atoms with van der Waals surface area (Å²) in [6, 6.07) is 6.97. The van der Waals surface area contributed by atoms with Gasteiger partial charge in [-0.3, -0.25) is 14.8 Å². The molecule has 0 radical (unpaired) electrons. The highest BCUT2D eigenvalue weighted by molar-refractivity contribution is 5.93. The minimum atomic E-state index is -0.170. The molecule has 104 valence electrons. The number of pyridine rings is 2. The third kappa shape index (κ3) is 3.08. The fraction of sp³-hybridized carbons (Fsp3) is 0.0714. The maximum Gasteiger partial charge on any atom is 0.251 e. The van der Waals surface area contributed by atoms with Gasteiger partial charge in [0.15, 0.2) is 0 Å². The van der Waals surface area contributed by atoms with Crippen LogP contribution in [0.3, 0.4) is 0 Å². The zero-order chi connectivity index (χ0) is 14.5. The largest absolute Gasteiger partial charge is 0.346 e. The number of nitrogens with zero attached hydrogens (tertiary/aromatic N) is 5. The summed E-state index contributed by atoms with van der Waals surface area (Å²) in [6.07, 6.45) is 8.29. The highest BCUT2D eigenvalue weighted by Crippen LogP contribution is 2.04. The van der Waals surface area contributed by atoms with Gasteiger partial charge < -0.3 is 5.32 Å². The van der Waals surface area contributed by atoms with Crippen LogP contribution in [0.4, 0.5) is 0 Å². The van der Waals surface area contributed by atoms with Crippen molar-refractivity contribution in [3.63, 3.8) is 0 Å². The summed E-state index contributed by atoms with van der Waals surface area (Å²) in [6.45, 7) is 0.312. The van der Waals surface area contributed by atoms with E-state index >= 15 is 0 Å². The van der Waals surface area contributed by atoms with E-state index in [1.807, 2.05) is 12.1 Å². The molecule has 0 bridgehead atoms. The molecule has 0 saturated carbocycles. The quantitative estimate of drug-likeness (QED) is 0.770. The first-order valence-corrected chi connectivity index (χ1v) is 6.33. The molecule has 3 aromatic heterocycles. The third-order valence-corrected chi connectivity index (χ3v) is 2.84. The molecule has 0 aliphatic heterocycles. The van der Waals surface area contributed by atoms with Crippen LogP contribution in [0.5, 0.6) is 0 Å². The Bertz CT molecular complexity index is 725. The van der Waals surface area contributed by atoms with Crippen LogP contribution in [0.2, 0.25) is 0 Å². The average Bonchev–Trinajstić information content (AvgIpc) is 3.03. The Morgan fingerprint density at radius 2 is 1.71 bits per heavy atom. The zero-order valence-corrected chi connectivity index (χ0v) is 11.0. The lowest BCUT2D eigenvalue weighted by molar-refractivity contribution is 0.0950. The summed E-state index contributed by atoms with van der Waals surface area (Å²) < 4.78 is 1.63. The Morgan fingerprint density at radius 3 is 2.43 bits per heavy atom. The van der Waals surface area contributed by atoms with Crippen molar-refractivity contribution in [1.29, 1.82) is 0 Å². The molecule has 0 aromatic carbocycles. The van der Waals surface area contributed by atoms with Gasteiger partial charge in [0.1, 0.15) is 5.69 Å². The number of carbonyl (C=O) groups excluding carboxylic acids is 1. The fourth-order valence-corrected chi connectivity index (χ4v) is 1.78. The van der Waals surface area contributed by atoms with E-state index in [2.05, 4.69) is 25.6 Å². The SMILES string of the molecule is O=C(NCc1cn(-c2ccncc2)nn1)c1ccncc1. The molecule has 0 saturated heterocycles. The van der Waals surface area contributed by atoms with Crippen LogP contribution in [-0.2, 0) is 6.54 Å². The van der Waals surface area contributed by atoms with Crippen molar-refractivity contribution in [3.05, 3.63) is 66.5 Å². The van der Waals surface area contributed by atoms with Gasteiger partial charge in [0.25, 0.3) is 5.91 Å². The predicted molar refractivity (Wildman–Crippen MR) is 74.6 cm³/mol. The number of nitrogens with one attached hydrogen (secondary N) is 1. The second-order valence-corrected chi connectivity index (χ2v) is 4.28. The standard InChI is InChI=1S/C14H12N6O/c21-14(11-1-5-15-6-2-11)17-9-12-10-20(19-18-12)13-3-7-16-8-4-13/h1-8,10H,9H2,(H,17,21). The summed E-state index contributed by atoms with van der Waals surface area (Å²) >= 11 is 0. The lowest BCUT2D eigenvalue weighted by Crippen LogP contribution is -2.22. The first kappa shape index (κ1) is 12.9. The molecule has 3 rings (SSSR count). The maximum absolute atomic E-state index is 11.9. The molecule has 7 nitrogen and oxygen atoms in total. The third-order valence-electron chi connectivity index (χ3n) is 2.84. The van der Waals surface area contributed by atoms with Crippen LogP contribution < -0.4 is 5.32 Å². The Morgan fingerprint density at radius 1 is 1.05 bits per heavy atom. The Labute approximate surface area is 120 Å². The van der Waals surface area contributed by atoms with Crippen LogP contribution in [-0.4, -0.2) is 30.9 Å². The second-order valence-electron chi connectivity index (χ2n) is 4.28. The first-order chi connectivity index (χ1) is 10.3. The molecular formula is C14H12N6O. The van der Waals surface area contributed by atoms with Gasteiger partial charge >= 0.3 is 0 Å². The van der Waals surface area contributed by atoms with Crippen molar-refractivity contribution in [2.24, 2.45) is 0 Å². The highest BCUT2D eigenvalue weighted by atomic mass is 16.1. The molecule has 3 aromatic rings. The average molecular weight is 280 g/mol. The summed E-state index contributed by atoms with van der Waals surface area (Å²) in [7, 11) is 0. The smallest absolute Gasteiger partial charge is 0.251 e. The van der Waals surface area contributed by atoms with Crippen molar-refractivity contribution >= 4 is 5.91 Å². The molecule has 1 N–H and O–H groups in total. The Balaban J connectivity index is 1.64. The number of amides is 1. The second kappa shape index (κ2) is 5.91. The minimum Gasteiger partial charge on any atom is -0.346 e. The van der Waals surface area contributed by atoms with E-state index in [1.54, 1.807) is 47.8 Å². The van der Waals surface area contributed by atoms with Crippen molar-refractivity contribution in [3.8, 4) is 5.69 Å². The van der Waals surface area contributed by atoms with Crippen molar-refractivity contribution < 1.29 is 4.79 Å². The van der Waals surface area contributed by atoms with E-state index in [9.17, 15) is 4.79 Å². The number of hydrogen-bond donors (Lipinski definition) is 1. The molecule has 0 aliphatic carbocycles. The van der Waals surface area contributed by atoms with Gasteiger partial charge in [0.2, 0.25) is 0 Å². The molecule has 0 unspecified atom stereocenters. The molecule has 0 aliphatic rings. The van der Waals surface area contributed by atoms with Gasteiger partial charge in [-0.1, -0.05) is 5.21 Å². The van der Waals surface area contributed by atoms with Crippen LogP contribution >= 0.6 is 0 Å². The lowest BCUT2D eigenvalue weighted by Gasteiger charge is -2.02. The van der Waals surface area contributed by atoms with E-state index in [4.69, 9.17) is 0 Å². The molecule has 0 spiro atoms. The Kier molecular flexibility index (Phi) is 3.64. The molecule has 3 heterocycles. The number of hydrogen-bond acceptors (Lipinski definition) is 5. The predicted octanol–water partition coefficient (Wildman–Crippen LogP) is 0.987. The molecule has 1 amide bonds. The van der Waals surface area contributed by atoms with Gasteiger partial charge in [0.05, 0.1) is 18.4 Å². The van der Waals surface area contributed by atoms with E-state index in [0.29, 0.717) is 17.8 Å². The van der Waals surface area contributed by atoms with Gasteiger partial charge in [-0.2, -0.15) is 0 Å². The number of rotatable bonds is 4. The molecule has 0 fully saturated rings. The maximum atomic E-state index is 11.9. The first-order valence-electron chi connectivity index (χ1n) is 6.33. The zero-order valence-electron chi connectivity index (χ0n) is 11.0. The number of carbonyl (C=O) groups is 1. The van der Waals surface area contributed by atoms with E-state index in [0.717, 1.165) is 5.69 Å².